The largest absolute Gasteiger partial charge is 0.398 e. The van der Waals surface area contributed by atoms with Crippen LogP contribution in [0.2, 0.25) is 0 Å². The number of pyridine rings is 1. The number of hydrogen-bond donors (Lipinski definition) is 3. The van der Waals surface area contributed by atoms with Gasteiger partial charge in [-0.05, 0) is 6.07 Å². The molecule has 0 aliphatic heterocycles. The average molecular weight is 267 g/mol. The van der Waals surface area contributed by atoms with E-state index >= 15 is 0 Å². The molecule has 0 spiro atoms. The van der Waals surface area contributed by atoms with Crippen LogP contribution in [0.5, 0.6) is 0 Å². The number of nitrogens with one attached hydrogen (secondary N) is 2. The molecule has 4 N–H and O–H groups in total. The number of hydrogen-bond acceptors (Lipinski definition) is 5. The number of H-pyrrole nitrogens is 1. The normalized spacial score (nSPS) is 11.6. The number of aromatic amines is 1. The van der Waals surface area contributed by atoms with Crippen LogP contribution in [0.1, 0.15) is 5.69 Å². The molecule has 0 atom stereocenters. The van der Waals surface area contributed by atoms with Gasteiger partial charge in [0, 0.05) is 37.3 Å². The molecule has 2 rings (SSSR count). The molecule has 2 aromatic rings. The van der Waals surface area contributed by atoms with Gasteiger partial charge in [-0.3, -0.25) is 4.98 Å². The third kappa shape index (κ3) is 2.84. The summed E-state index contributed by atoms with van der Waals surface area (Å²) in [4.78, 5) is 10.5. The third-order valence-electron chi connectivity index (χ3n) is 2.35. The third-order valence-corrected chi connectivity index (χ3v) is 3.85. The number of anilines is 1. The van der Waals surface area contributed by atoms with Crippen molar-refractivity contribution in [2.45, 2.75) is 11.3 Å². The minimum Gasteiger partial charge on any atom is -0.398 e. The van der Waals surface area contributed by atoms with E-state index in [0.29, 0.717) is 6.42 Å². The van der Waals surface area contributed by atoms with Gasteiger partial charge in [-0.2, -0.15) is 0 Å². The molecule has 7 nitrogen and oxygen atoms in total. The summed E-state index contributed by atoms with van der Waals surface area (Å²) < 4.78 is 26.3. The molecule has 0 saturated carbocycles. The summed E-state index contributed by atoms with van der Waals surface area (Å²) >= 11 is 0. The molecule has 8 heteroatoms. The molecular weight excluding hydrogens is 254 g/mol. The van der Waals surface area contributed by atoms with E-state index in [0.717, 1.165) is 5.69 Å². The predicted molar refractivity (Wildman–Crippen MR) is 66.1 cm³/mol. The van der Waals surface area contributed by atoms with E-state index in [1.54, 1.807) is 12.5 Å². The van der Waals surface area contributed by atoms with Crippen molar-refractivity contribution in [2.24, 2.45) is 0 Å². The highest BCUT2D eigenvalue weighted by Gasteiger charge is 2.16. The van der Waals surface area contributed by atoms with Crippen LogP contribution >= 0.6 is 0 Å². The molecule has 0 aliphatic carbocycles. The second-order valence-electron chi connectivity index (χ2n) is 3.64. The highest BCUT2D eigenvalue weighted by atomic mass is 32.2. The Labute approximate surface area is 105 Å². The van der Waals surface area contributed by atoms with E-state index in [9.17, 15) is 8.42 Å². The average Bonchev–Trinajstić information content (AvgIpc) is 2.82. The molecule has 0 fully saturated rings. The van der Waals surface area contributed by atoms with E-state index in [2.05, 4.69) is 19.7 Å². The summed E-state index contributed by atoms with van der Waals surface area (Å²) in [6, 6.07) is 1.45. The van der Waals surface area contributed by atoms with E-state index in [-0.39, 0.29) is 17.1 Å². The first-order valence-electron chi connectivity index (χ1n) is 5.26. The Balaban J connectivity index is 2.02. The Bertz CT molecular complexity index is 609. The lowest BCUT2D eigenvalue weighted by Crippen LogP contribution is -2.26. The summed E-state index contributed by atoms with van der Waals surface area (Å²) in [5, 5.41) is 0. The molecule has 18 heavy (non-hydrogen) atoms. The van der Waals surface area contributed by atoms with Crippen LogP contribution in [0.15, 0.2) is 35.9 Å². The van der Waals surface area contributed by atoms with Gasteiger partial charge in [0.1, 0.15) is 4.90 Å². The van der Waals surface area contributed by atoms with Crippen LogP contribution in [0, 0.1) is 0 Å². The highest BCUT2D eigenvalue weighted by molar-refractivity contribution is 7.89. The molecule has 2 heterocycles. The maximum absolute atomic E-state index is 11.9. The zero-order chi connectivity index (χ0) is 13.0. The van der Waals surface area contributed by atoms with E-state index < -0.39 is 10.0 Å². The van der Waals surface area contributed by atoms with E-state index in [4.69, 9.17) is 5.73 Å². The zero-order valence-electron chi connectivity index (χ0n) is 9.50. The van der Waals surface area contributed by atoms with Gasteiger partial charge in [-0.1, -0.05) is 0 Å². The molecule has 0 aliphatic rings. The van der Waals surface area contributed by atoms with Crippen molar-refractivity contribution >= 4 is 15.7 Å². The van der Waals surface area contributed by atoms with Crippen LogP contribution in [-0.2, 0) is 16.4 Å². The lowest BCUT2D eigenvalue weighted by molar-refractivity contribution is 0.581. The number of aromatic nitrogens is 3. The molecule has 0 aromatic carbocycles. The van der Waals surface area contributed by atoms with Crippen molar-refractivity contribution in [3.63, 3.8) is 0 Å². The number of sulfonamides is 1. The maximum atomic E-state index is 11.9. The van der Waals surface area contributed by atoms with E-state index in [1.165, 1.54) is 18.5 Å². The lowest BCUT2D eigenvalue weighted by atomic mass is 10.3. The second-order valence-corrected chi connectivity index (χ2v) is 5.37. The first-order valence-corrected chi connectivity index (χ1v) is 6.74. The number of nitrogens with zero attached hydrogens (tertiary/aromatic N) is 2. The van der Waals surface area contributed by atoms with Crippen molar-refractivity contribution < 1.29 is 8.42 Å². The van der Waals surface area contributed by atoms with Gasteiger partial charge in [0.05, 0.1) is 12.0 Å². The second kappa shape index (κ2) is 5.15. The molecule has 0 unspecified atom stereocenters. The summed E-state index contributed by atoms with van der Waals surface area (Å²) in [7, 11) is -3.62. The van der Waals surface area contributed by atoms with Gasteiger partial charge >= 0.3 is 0 Å². The predicted octanol–water partition coefficient (Wildman–Crippen LogP) is -0.0921. The Kier molecular flexibility index (Phi) is 3.58. The Hall–Kier alpha value is -1.93. The van der Waals surface area contributed by atoms with Crippen molar-refractivity contribution in [3.05, 3.63) is 36.7 Å². The molecule has 0 saturated heterocycles. The molecule has 96 valence electrons. The van der Waals surface area contributed by atoms with Crippen molar-refractivity contribution in [2.75, 3.05) is 12.3 Å². The van der Waals surface area contributed by atoms with Crippen molar-refractivity contribution in [1.29, 1.82) is 0 Å². The van der Waals surface area contributed by atoms with Gasteiger partial charge < -0.3 is 10.7 Å². The fourth-order valence-electron chi connectivity index (χ4n) is 1.43. The standard InChI is InChI=1S/C10H13N5O2S/c11-9-2-3-12-6-10(9)18(16,17)15-4-1-8-5-13-7-14-8/h2-3,5-7,15H,1,4H2,(H2,11,12)(H,13,14). The number of nitrogens with two attached hydrogens (primary N) is 1. The SMILES string of the molecule is Nc1ccncc1S(=O)(=O)NCCc1cnc[nH]1. The fraction of sp³-hybridized carbons (Fsp3) is 0.200. The summed E-state index contributed by atoms with van der Waals surface area (Å²) in [5.41, 5.74) is 6.64. The number of nitrogen functional groups attached to an aromatic ring is 1. The molecule has 0 radical (unpaired) electrons. The number of rotatable bonds is 5. The van der Waals surface area contributed by atoms with Crippen LogP contribution in [0.4, 0.5) is 5.69 Å². The monoisotopic (exact) mass is 267 g/mol. The Morgan fingerprint density at radius 3 is 2.83 bits per heavy atom. The summed E-state index contributed by atoms with van der Waals surface area (Å²) in [5.74, 6) is 0. The highest BCUT2D eigenvalue weighted by Crippen LogP contribution is 2.15. The van der Waals surface area contributed by atoms with E-state index in [1.807, 2.05) is 0 Å². The Morgan fingerprint density at radius 1 is 1.33 bits per heavy atom. The first kappa shape index (κ1) is 12.5. The van der Waals surface area contributed by atoms with Gasteiger partial charge in [-0.15, -0.1) is 0 Å². The smallest absolute Gasteiger partial charge is 0.244 e. The topological polar surface area (TPSA) is 114 Å². The molecular formula is C10H13N5O2S. The van der Waals surface area contributed by atoms with Crippen LogP contribution in [0.3, 0.4) is 0 Å². The van der Waals surface area contributed by atoms with Gasteiger partial charge in [0.2, 0.25) is 10.0 Å². The lowest BCUT2D eigenvalue weighted by Gasteiger charge is -2.07. The Morgan fingerprint density at radius 2 is 2.17 bits per heavy atom. The minimum absolute atomic E-state index is 0.00499. The minimum atomic E-state index is -3.62. The fourth-order valence-corrected chi connectivity index (χ4v) is 2.54. The van der Waals surface area contributed by atoms with Crippen LogP contribution < -0.4 is 10.5 Å². The maximum Gasteiger partial charge on any atom is 0.244 e. The van der Waals surface area contributed by atoms with Crippen molar-refractivity contribution in [1.82, 2.24) is 19.7 Å². The van der Waals surface area contributed by atoms with Gasteiger partial charge in [0.15, 0.2) is 0 Å². The van der Waals surface area contributed by atoms with Gasteiger partial charge in [0.25, 0.3) is 0 Å². The van der Waals surface area contributed by atoms with Crippen LogP contribution in [0.25, 0.3) is 0 Å². The first-order chi connectivity index (χ1) is 8.59. The summed E-state index contributed by atoms with van der Waals surface area (Å²) in [6.07, 6.45) is 6.39. The van der Waals surface area contributed by atoms with Gasteiger partial charge in [-0.25, -0.2) is 18.1 Å². The van der Waals surface area contributed by atoms with Crippen molar-refractivity contribution in [3.8, 4) is 0 Å². The molecule has 0 bridgehead atoms. The number of imidazole rings is 1. The quantitative estimate of drug-likeness (QED) is 0.700. The molecule has 0 amide bonds. The molecule has 2 aromatic heterocycles. The summed E-state index contributed by atoms with van der Waals surface area (Å²) in [6.45, 7) is 0.263. The van der Waals surface area contributed by atoms with Crippen LogP contribution in [-0.4, -0.2) is 29.9 Å². The zero-order valence-corrected chi connectivity index (χ0v) is 10.3.